The van der Waals surface area contributed by atoms with E-state index < -0.39 is 0 Å². The second-order valence-corrected chi connectivity index (χ2v) is 7.50. The summed E-state index contributed by atoms with van der Waals surface area (Å²) in [5, 5.41) is 1.88. The summed E-state index contributed by atoms with van der Waals surface area (Å²) in [6.07, 6.45) is 2.44. The number of thiophene rings is 1. The molecule has 5 nitrogen and oxygen atoms in total. The van der Waals surface area contributed by atoms with Crippen LogP contribution in [0.4, 0.5) is 0 Å². The normalized spacial score (nSPS) is 18.8. The molecule has 0 unspecified atom stereocenters. The van der Waals surface area contributed by atoms with Gasteiger partial charge in [0, 0.05) is 19.4 Å². The van der Waals surface area contributed by atoms with Crippen molar-refractivity contribution in [1.29, 1.82) is 0 Å². The standard InChI is InChI=1S/C20H21NO4S/c22-16(19-4-2-12-26-19)6-8-20(23)21-9-1-3-15(21)14-5-7-17-18(13-14)25-11-10-24-17/h2,4-5,7,12-13,15H,1,3,6,8-11H2/t15-/m1/s1. The predicted octanol–water partition coefficient (Wildman–Crippen LogP) is 3.85. The van der Waals surface area contributed by atoms with Crippen LogP contribution < -0.4 is 9.47 Å². The van der Waals surface area contributed by atoms with Crippen molar-refractivity contribution >= 4 is 23.0 Å². The summed E-state index contributed by atoms with van der Waals surface area (Å²) in [7, 11) is 0. The Morgan fingerprint density at radius 2 is 1.96 bits per heavy atom. The van der Waals surface area contributed by atoms with Crippen molar-refractivity contribution in [3.8, 4) is 11.5 Å². The fourth-order valence-corrected chi connectivity index (χ4v) is 4.30. The number of nitrogens with zero attached hydrogens (tertiary/aromatic N) is 1. The van der Waals surface area contributed by atoms with E-state index in [1.54, 1.807) is 0 Å². The molecule has 4 rings (SSSR count). The zero-order valence-corrected chi connectivity index (χ0v) is 15.3. The first-order chi connectivity index (χ1) is 12.7. The van der Waals surface area contributed by atoms with Crippen LogP contribution in [0, 0.1) is 0 Å². The number of rotatable bonds is 5. The third-order valence-electron chi connectivity index (χ3n) is 4.89. The van der Waals surface area contributed by atoms with Crippen molar-refractivity contribution in [2.45, 2.75) is 31.7 Å². The highest BCUT2D eigenvalue weighted by molar-refractivity contribution is 7.12. The SMILES string of the molecule is O=C(CCC(=O)N1CCC[C@@H]1c1ccc2c(c1)OCCO2)c1cccs1. The molecular weight excluding hydrogens is 350 g/mol. The molecule has 1 fully saturated rings. The number of carbonyl (C=O) groups is 2. The van der Waals surface area contributed by atoms with Crippen LogP contribution in [0.25, 0.3) is 0 Å². The van der Waals surface area contributed by atoms with E-state index in [0.717, 1.165) is 41.3 Å². The molecule has 26 heavy (non-hydrogen) atoms. The molecule has 2 aliphatic heterocycles. The van der Waals surface area contributed by atoms with Gasteiger partial charge in [0.2, 0.25) is 5.91 Å². The molecule has 0 radical (unpaired) electrons. The Morgan fingerprint density at radius 3 is 2.77 bits per heavy atom. The summed E-state index contributed by atoms with van der Waals surface area (Å²) < 4.78 is 11.2. The quantitative estimate of drug-likeness (QED) is 0.749. The van der Waals surface area contributed by atoms with Gasteiger partial charge in [-0.1, -0.05) is 12.1 Å². The zero-order valence-electron chi connectivity index (χ0n) is 14.5. The molecule has 0 bridgehead atoms. The maximum absolute atomic E-state index is 12.7. The smallest absolute Gasteiger partial charge is 0.223 e. The Balaban J connectivity index is 1.43. The number of hydrogen-bond acceptors (Lipinski definition) is 5. The summed E-state index contributed by atoms with van der Waals surface area (Å²) >= 11 is 1.43. The third-order valence-corrected chi connectivity index (χ3v) is 5.80. The van der Waals surface area contributed by atoms with E-state index in [0.29, 0.717) is 13.2 Å². The van der Waals surface area contributed by atoms with Gasteiger partial charge in [0.1, 0.15) is 13.2 Å². The molecule has 1 atom stereocenters. The van der Waals surface area contributed by atoms with E-state index in [1.807, 2.05) is 40.6 Å². The van der Waals surface area contributed by atoms with E-state index >= 15 is 0 Å². The van der Waals surface area contributed by atoms with E-state index in [2.05, 4.69) is 0 Å². The number of amides is 1. The number of Topliss-reactive ketones (excluding diaryl/α,β-unsaturated/α-hetero) is 1. The second kappa shape index (κ2) is 7.50. The summed E-state index contributed by atoms with van der Waals surface area (Å²) in [6, 6.07) is 9.65. The van der Waals surface area contributed by atoms with Gasteiger partial charge in [0.15, 0.2) is 17.3 Å². The van der Waals surface area contributed by atoms with Crippen LogP contribution in [0.15, 0.2) is 35.7 Å². The largest absolute Gasteiger partial charge is 0.486 e. The van der Waals surface area contributed by atoms with Crippen molar-refractivity contribution < 1.29 is 19.1 Å². The average molecular weight is 371 g/mol. The minimum atomic E-state index is 0.0448. The van der Waals surface area contributed by atoms with Gasteiger partial charge in [-0.3, -0.25) is 9.59 Å². The molecule has 1 amide bonds. The monoisotopic (exact) mass is 371 g/mol. The number of ketones is 1. The van der Waals surface area contributed by atoms with Crippen molar-refractivity contribution in [3.63, 3.8) is 0 Å². The van der Waals surface area contributed by atoms with Gasteiger partial charge in [-0.05, 0) is 42.0 Å². The Morgan fingerprint density at radius 1 is 1.12 bits per heavy atom. The first-order valence-electron chi connectivity index (χ1n) is 8.98. The van der Waals surface area contributed by atoms with Crippen molar-refractivity contribution in [3.05, 3.63) is 46.2 Å². The third kappa shape index (κ3) is 3.46. The van der Waals surface area contributed by atoms with Crippen molar-refractivity contribution in [1.82, 2.24) is 4.90 Å². The second-order valence-electron chi connectivity index (χ2n) is 6.55. The first-order valence-corrected chi connectivity index (χ1v) is 9.86. The van der Waals surface area contributed by atoms with Crippen LogP contribution in [-0.2, 0) is 4.79 Å². The molecule has 1 saturated heterocycles. The topological polar surface area (TPSA) is 55.8 Å². The number of ether oxygens (including phenoxy) is 2. The molecule has 0 aliphatic carbocycles. The molecule has 1 aromatic heterocycles. The number of likely N-dealkylation sites (tertiary alicyclic amines) is 1. The predicted molar refractivity (Wildman–Crippen MR) is 99.0 cm³/mol. The molecule has 2 aliphatic rings. The summed E-state index contributed by atoms with van der Waals surface area (Å²) in [5.74, 6) is 1.61. The minimum absolute atomic E-state index is 0.0448. The van der Waals surface area contributed by atoms with Gasteiger partial charge in [0.25, 0.3) is 0 Å². The van der Waals surface area contributed by atoms with Crippen LogP contribution >= 0.6 is 11.3 Å². The maximum atomic E-state index is 12.7. The minimum Gasteiger partial charge on any atom is -0.486 e. The zero-order chi connectivity index (χ0) is 17.9. The lowest BCUT2D eigenvalue weighted by Gasteiger charge is -2.26. The van der Waals surface area contributed by atoms with E-state index in [1.165, 1.54) is 11.3 Å². The average Bonchev–Trinajstić information content (AvgIpc) is 3.37. The maximum Gasteiger partial charge on any atom is 0.223 e. The van der Waals surface area contributed by atoms with E-state index in [4.69, 9.17) is 9.47 Å². The van der Waals surface area contributed by atoms with E-state index in [-0.39, 0.29) is 30.6 Å². The molecular formula is C20H21NO4S. The molecule has 6 heteroatoms. The summed E-state index contributed by atoms with van der Waals surface area (Å²) in [5.41, 5.74) is 1.07. The van der Waals surface area contributed by atoms with Crippen LogP contribution in [0.5, 0.6) is 11.5 Å². The lowest BCUT2D eigenvalue weighted by atomic mass is 10.0. The number of benzene rings is 1. The fourth-order valence-electron chi connectivity index (χ4n) is 3.60. The van der Waals surface area contributed by atoms with Gasteiger partial charge in [-0.15, -0.1) is 11.3 Å². The highest BCUT2D eigenvalue weighted by Gasteiger charge is 2.31. The summed E-state index contributed by atoms with van der Waals surface area (Å²) in [4.78, 5) is 27.5. The number of fused-ring (bicyclic) bond motifs is 1. The fraction of sp³-hybridized carbons (Fsp3) is 0.400. The highest BCUT2D eigenvalue weighted by Crippen LogP contribution is 2.38. The van der Waals surface area contributed by atoms with Crippen LogP contribution in [0.2, 0.25) is 0 Å². The molecule has 136 valence electrons. The van der Waals surface area contributed by atoms with Crippen molar-refractivity contribution in [2.75, 3.05) is 19.8 Å². The molecule has 3 heterocycles. The summed E-state index contributed by atoms with van der Waals surface area (Å²) in [6.45, 7) is 1.86. The van der Waals surface area contributed by atoms with Gasteiger partial charge in [-0.2, -0.15) is 0 Å². The first kappa shape index (κ1) is 17.1. The van der Waals surface area contributed by atoms with Gasteiger partial charge < -0.3 is 14.4 Å². The molecule has 2 aromatic rings. The van der Waals surface area contributed by atoms with E-state index in [9.17, 15) is 9.59 Å². The van der Waals surface area contributed by atoms with Crippen molar-refractivity contribution in [2.24, 2.45) is 0 Å². The Hall–Kier alpha value is -2.34. The van der Waals surface area contributed by atoms with Gasteiger partial charge >= 0.3 is 0 Å². The van der Waals surface area contributed by atoms with Gasteiger partial charge in [0.05, 0.1) is 10.9 Å². The number of carbonyl (C=O) groups excluding carboxylic acids is 2. The lowest BCUT2D eigenvalue weighted by molar-refractivity contribution is -0.132. The Labute approximate surface area is 156 Å². The van der Waals surface area contributed by atoms with Crippen LogP contribution in [-0.4, -0.2) is 36.3 Å². The Bertz CT molecular complexity index is 802. The number of hydrogen-bond donors (Lipinski definition) is 0. The van der Waals surface area contributed by atoms with Crippen LogP contribution in [0.1, 0.15) is 47.0 Å². The molecule has 0 spiro atoms. The van der Waals surface area contributed by atoms with Gasteiger partial charge in [-0.25, -0.2) is 0 Å². The molecule has 1 aromatic carbocycles. The Kier molecular flexibility index (Phi) is 4.93. The highest BCUT2D eigenvalue weighted by atomic mass is 32.1. The molecule has 0 N–H and O–H groups in total. The molecule has 0 saturated carbocycles. The lowest BCUT2D eigenvalue weighted by Crippen LogP contribution is -2.30. The van der Waals surface area contributed by atoms with Crippen LogP contribution in [0.3, 0.4) is 0 Å².